The Morgan fingerprint density at radius 2 is 1.16 bits per heavy atom. The van der Waals surface area contributed by atoms with Crippen LogP contribution in [-0.2, 0) is 23.7 Å². The molecule has 19 nitrogen and oxygen atoms in total. The Kier molecular flexibility index (Phi) is 12.1. The minimum Gasteiger partial charge on any atom is -0.394 e. The van der Waals surface area contributed by atoms with Crippen molar-refractivity contribution in [1.29, 1.82) is 0 Å². The van der Waals surface area contributed by atoms with Crippen LogP contribution in [0.5, 0.6) is 0 Å². The van der Waals surface area contributed by atoms with Crippen molar-refractivity contribution < 1.29 is 90.1 Å². The molecule has 256 valence electrons. The predicted molar refractivity (Wildman–Crippen MR) is 138 cm³/mol. The highest BCUT2D eigenvalue weighted by Crippen LogP contribution is 2.32. The second-order valence-corrected chi connectivity index (χ2v) is 11.4. The molecule has 3 aliphatic heterocycles. The molecule has 4 aliphatic rings. The standard InChI is InChI=1S/C25H43NO18/c1-6-11(26-8-2-7(3-27)12(30)15(33)13(8)31)14(32)19(37)24(40-6)43-22-10(5-29)42-25(20(38)17(22)35)44-21-9(4-28)41-23(39)18(36)16(21)34/h2,6,8-39H,3-5H2,1H3/t6?,8-,9?,10?,11+,12+,13-,14-,15-,16+,17+,18?,19?,20?,21+,22+,23?,24+,25+/m0/s1. The molecule has 0 aromatic heterocycles. The van der Waals surface area contributed by atoms with Gasteiger partial charge in [-0.25, -0.2) is 0 Å². The molecule has 19 atom stereocenters. The van der Waals surface area contributed by atoms with Gasteiger partial charge in [0.25, 0.3) is 0 Å². The van der Waals surface area contributed by atoms with E-state index in [1.165, 1.54) is 13.0 Å². The van der Waals surface area contributed by atoms with Gasteiger partial charge in [-0.05, 0) is 12.5 Å². The predicted octanol–water partition coefficient (Wildman–Crippen LogP) is -8.56. The molecule has 4 rings (SSSR count). The van der Waals surface area contributed by atoms with Crippen molar-refractivity contribution in [2.45, 2.75) is 123 Å². The number of nitrogens with one attached hydrogen (secondary N) is 1. The molecular weight excluding hydrogens is 602 g/mol. The van der Waals surface area contributed by atoms with Gasteiger partial charge in [0.1, 0.15) is 79.4 Å². The largest absolute Gasteiger partial charge is 0.394 e. The molecule has 0 aromatic carbocycles. The van der Waals surface area contributed by atoms with E-state index in [2.05, 4.69) is 5.32 Å². The SMILES string of the molecule is CC1O[C@H](O[C@@H]2C(CO)O[C@H](O[C@@H]3C(CO)OC(O)C(O)[C@H]3O)C(O)[C@H]2O)C(O)[C@@H](O)[C@@H]1N[C@H]1C=C(CO)[C@@H](O)[C@H](O)[C@H]1O. The van der Waals surface area contributed by atoms with E-state index in [1.807, 2.05) is 0 Å². The number of aliphatic hydroxyl groups is 13. The van der Waals surface area contributed by atoms with Crippen LogP contribution >= 0.6 is 0 Å². The number of hydrogen-bond acceptors (Lipinski definition) is 19. The Labute approximate surface area is 250 Å². The maximum atomic E-state index is 10.9. The highest BCUT2D eigenvalue weighted by molar-refractivity contribution is 5.22. The van der Waals surface area contributed by atoms with E-state index in [0.29, 0.717) is 0 Å². The average molecular weight is 646 g/mol. The van der Waals surface area contributed by atoms with E-state index in [1.54, 1.807) is 0 Å². The van der Waals surface area contributed by atoms with E-state index < -0.39 is 136 Å². The second kappa shape index (κ2) is 14.8. The van der Waals surface area contributed by atoms with Crippen LogP contribution in [-0.4, -0.2) is 203 Å². The first-order valence-corrected chi connectivity index (χ1v) is 14.1. The summed E-state index contributed by atoms with van der Waals surface area (Å²) in [4.78, 5) is 0. The quantitative estimate of drug-likeness (QED) is 0.103. The molecule has 3 fully saturated rings. The van der Waals surface area contributed by atoms with Gasteiger partial charge in [0.2, 0.25) is 0 Å². The minimum atomic E-state index is -1.93. The molecule has 0 bridgehead atoms. The van der Waals surface area contributed by atoms with Crippen molar-refractivity contribution in [3.8, 4) is 0 Å². The monoisotopic (exact) mass is 645 g/mol. The highest BCUT2D eigenvalue weighted by atomic mass is 16.7. The van der Waals surface area contributed by atoms with Crippen LogP contribution in [0.3, 0.4) is 0 Å². The molecule has 1 aliphatic carbocycles. The fraction of sp³-hybridized carbons (Fsp3) is 0.920. The van der Waals surface area contributed by atoms with Crippen LogP contribution in [0.2, 0.25) is 0 Å². The summed E-state index contributed by atoms with van der Waals surface area (Å²) in [6.07, 6.45) is -26.6. The maximum absolute atomic E-state index is 10.9. The van der Waals surface area contributed by atoms with Crippen molar-refractivity contribution >= 4 is 0 Å². The first-order valence-electron chi connectivity index (χ1n) is 14.1. The summed E-state index contributed by atoms with van der Waals surface area (Å²) < 4.78 is 27.4. The lowest BCUT2D eigenvalue weighted by Gasteiger charge is -2.48. The summed E-state index contributed by atoms with van der Waals surface area (Å²) in [7, 11) is 0. The van der Waals surface area contributed by atoms with Gasteiger partial charge in [0.05, 0.1) is 38.0 Å². The molecule has 3 saturated heterocycles. The molecule has 44 heavy (non-hydrogen) atoms. The van der Waals surface area contributed by atoms with Gasteiger partial charge in [0, 0.05) is 0 Å². The Morgan fingerprint density at radius 1 is 0.636 bits per heavy atom. The van der Waals surface area contributed by atoms with Crippen molar-refractivity contribution in [3.05, 3.63) is 11.6 Å². The van der Waals surface area contributed by atoms with Gasteiger partial charge in [-0.1, -0.05) is 6.08 Å². The zero-order valence-electron chi connectivity index (χ0n) is 23.5. The fourth-order valence-corrected chi connectivity index (χ4v) is 5.81. The van der Waals surface area contributed by atoms with Gasteiger partial charge in [0.15, 0.2) is 18.9 Å². The third kappa shape index (κ3) is 6.96. The van der Waals surface area contributed by atoms with E-state index >= 15 is 0 Å². The third-order valence-electron chi connectivity index (χ3n) is 8.48. The van der Waals surface area contributed by atoms with Crippen molar-refractivity contribution in [3.63, 3.8) is 0 Å². The van der Waals surface area contributed by atoms with Crippen molar-refractivity contribution in [2.24, 2.45) is 0 Å². The Hall–Kier alpha value is -1.02. The van der Waals surface area contributed by atoms with Crippen LogP contribution in [0.4, 0.5) is 0 Å². The summed E-state index contributed by atoms with van der Waals surface area (Å²) in [6, 6.07) is -2.17. The van der Waals surface area contributed by atoms with Crippen LogP contribution in [0.1, 0.15) is 6.92 Å². The molecule has 14 N–H and O–H groups in total. The van der Waals surface area contributed by atoms with Crippen molar-refractivity contribution in [2.75, 3.05) is 19.8 Å². The topological polar surface area (TPSA) is 321 Å². The molecular formula is C25H43NO18. The minimum absolute atomic E-state index is 0.0225. The summed E-state index contributed by atoms with van der Waals surface area (Å²) in [5, 5.41) is 136. The van der Waals surface area contributed by atoms with Crippen LogP contribution in [0.25, 0.3) is 0 Å². The summed E-state index contributed by atoms with van der Waals surface area (Å²) in [5.41, 5.74) is 0.0225. The molecule has 0 spiro atoms. The lowest BCUT2D eigenvalue weighted by atomic mass is 9.86. The number of aliphatic hydroxyl groups excluding tert-OH is 13. The summed E-state index contributed by atoms with van der Waals surface area (Å²) in [6.45, 7) is -0.753. The number of ether oxygens (including phenoxy) is 5. The third-order valence-corrected chi connectivity index (χ3v) is 8.48. The first-order chi connectivity index (χ1) is 20.7. The molecule has 0 amide bonds. The molecule has 0 aromatic rings. The van der Waals surface area contributed by atoms with E-state index in [0.717, 1.165) is 0 Å². The fourth-order valence-electron chi connectivity index (χ4n) is 5.81. The average Bonchev–Trinajstić information content (AvgIpc) is 3.00. The zero-order chi connectivity index (χ0) is 32.6. The zero-order valence-corrected chi connectivity index (χ0v) is 23.5. The van der Waals surface area contributed by atoms with Gasteiger partial charge in [-0.15, -0.1) is 0 Å². The van der Waals surface area contributed by atoms with E-state index in [4.69, 9.17) is 23.7 Å². The molecule has 7 unspecified atom stereocenters. The van der Waals surface area contributed by atoms with E-state index in [-0.39, 0.29) is 5.57 Å². The Balaban J connectivity index is 1.42. The highest BCUT2D eigenvalue weighted by Gasteiger charge is 2.53. The molecule has 0 saturated carbocycles. The van der Waals surface area contributed by atoms with Crippen LogP contribution in [0, 0.1) is 0 Å². The summed E-state index contributed by atoms with van der Waals surface area (Å²) >= 11 is 0. The molecule has 0 radical (unpaired) electrons. The van der Waals surface area contributed by atoms with Crippen LogP contribution < -0.4 is 5.32 Å². The van der Waals surface area contributed by atoms with Crippen LogP contribution in [0.15, 0.2) is 11.6 Å². The first kappa shape index (κ1) is 35.8. The number of hydrogen-bond donors (Lipinski definition) is 14. The van der Waals surface area contributed by atoms with Gasteiger partial charge in [-0.2, -0.15) is 0 Å². The normalized spacial score (nSPS) is 52.0. The second-order valence-electron chi connectivity index (χ2n) is 11.4. The summed E-state index contributed by atoms with van der Waals surface area (Å²) in [5.74, 6) is 0. The van der Waals surface area contributed by atoms with Crippen molar-refractivity contribution in [1.82, 2.24) is 5.32 Å². The Bertz CT molecular complexity index is 958. The van der Waals surface area contributed by atoms with Gasteiger partial charge in [-0.3, -0.25) is 0 Å². The molecule has 19 heteroatoms. The smallest absolute Gasteiger partial charge is 0.187 e. The lowest BCUT2D eigenvalue weighted by Crippen LogP contribution is -2.68. The lowest BCUT2D eigenvalue weighted by molar-refractivity contribution is -0.373. The van der Waals surface area contributed by atoms with Gasteiger partial charge >= 0.3 is 0 Å². The molecule has 3 heterocycles. The maximum Gasteiger partial charge on any atom is 0.187 e. The number of rotatable bonds is 9. The van der Waals surface area contributed by atoms with E-state index in [9.17, 15) is 66.4 Å². The Morgan fingerprint density at radius 3 is 1.73 bits per heavy atom. The van der Waals surface area contributed by atoms with Gasteiger partial charge < -0.3 is 95.4 Å².